The van der Waals surface area contributed by atoms with Crippen molar-refractivity contribution in [2.75, 3.05) is 0 Å². The molecule has 1 saturated heterocycles. The second kappa shape index (κ2) is 3.42. The Morgan fingerprint density at radius 2 is 2.40 bits per heavy atom. The van der Waals surface area contributed by atoms with Crippen molar-refractivity contribution in [1.29, 1.82) is 0 Å². The van der Waals surface area contributed by atoms with Crippen LogP contribution in [0.1, 0.15) is 18.0 Å². The summed E-state index contributed by atoms with van der Waals surface area (Å²) in [7, 11) is 1.86. The van der Waals surface area contributed by atoms with Crippen molar-refractivity contribution in [1.82, 2.24) is 9.88 Å². The summed E-state index contributed by atoms with van der Waals surface area (Å²) in [6.45, 7) is 0. The van der Waals surface area contributed by atoms with Gasteiger partial charge in [-0.25, -0.2) is 0 Å². The Morgan fingerprint density at radius 1 is 1.67 bits per heavy atom. The van der Waals surface area contributed by atoms with E-state index in [0.29, 0.717) is 0 Å². The van der Waals surface area contributed by atoms with Gasteiger partial charge < -0.3 is 15.0 Å². The second-order valence-electron chi connectivity index (χ2n) is 3.80. The van der Waals surface area contributed by atoms with Crippen molar-refractivity contribution in [2.24, 2.45) is 13.0 Å². The highest BCUT2D eigenvalue weighted by Gasteiger charge is 2.38. The predicted octanol–water partition coefficient (Wildman–Crippen LogP) is 0.287. The molecule has 1 amide bonds. The third kappa shape index (κ3) is 1.72. The molecule has 5 heteroatoms. The van der Waals surface area contributed by atoms with Crippen molar-refractivity contribution < 1.29 is 14.7 Å². The van der Waals surface area contributed by atoms with Gasteiger partial charge >= 0.3 is 5.97 Å². The summed E-state index contributed by atoms with van der Waals surface area (Å²) in [5.74, 6) is -1.78. The molecule has 0 saturated carbocycles. The zero-order chi connectivity index (χ0) is 11.0. The molecule has 0 bridgehead atoms. The summed E-state index contributed by atoms with van der Waals surface area (Å²) in [4.78, 5) is 22.1. The van der Waals surface area contributed by atoms with Crippen molar-refractivity contribution in [3.8, 4) is 0 Å². The Labute approximate surface area is 86.7 Å². The highest BCUT2D eigenvalue weighted by molar-refractivity contribution is 5.87. The van der Waals surface area contributed by atoms with Gasteiger partial charge in [0.25, 0.3) is 0 Å². The molecule has 2 rings (SSSR count). The lowest BCUT2D eigenvalue weighted by Gasteiger charge is -2.13. The number of hydrogen-bond donors (Lipinski definition) is 2. The Kier molecular flexibility index (Phi) is 2.22. The van der Waals surface area contributed by atoms with E-state index in [0.717, 1.165) is 5.56 Å². The molecule has 1 fully saturated rings. The molecule has 1 aromatic heterocycles. The quantitative estimate of drug-likeness (QED) is 0.733. The van der Waals surface area contributed by atoms with Crippen LogP contribution in [-0.4, -0.2) is 21.6 Å². The first kappa shape index (κ1) is 9.76. The lowest BCUT2D eigenvalue weighted by molar-refractivity contribution is -0.142. The maximum Gasteiger partial charge on any atom is 0.309 e. The molecule has 0 aromatic carbocycles. The minimum atomic E-state index is -0.929. The summed E-state index contributed by atoms with van der Waals surface area (Å²) >= 11 is 0. The molecule has 1 aliphatic heterocycles. The molecule has 2 atom stereocenters. The first-order valence-electron chi connectivity index (χ1n) is 4.72. The summed E-state index contributed by atoms with van der Waals surface area (Å²) in [5, 5.41) is 11.7. The van der Waals surface area contributed by atoms with Gasteiger partial charge in [0.1, 0.15) is 0 Å². The highest BCUT2D eigenvalue weighted by Crippen LogP contribution is 2.30. The Bertz CT molecular complexity index is 411. The van der Waals surface area contributed by atoms with E-state index in [1.165, 1.54) is 0 Å². The Morgan fingerprint density at radius 3 is 2.93 bits per heavy atom. The van der Waals surface area contributed by atoms with E-state index in [9.17, 15) is 9.59 Å². The number of carboxylic acids is 1. The summed E-state index contributed by atoms with van der Waals surface area (Å²) in [6.07, 6.45) is 3.72. The monoisotopic (exact) mass is 208 g/mol. The van der Waals surface area contributed by atoms with E-state index in [1.807, 2.05) is 30.1 Å². The van der Waals surface area contributed by atoms with Crippen LogP contribution in [0.25, 0.3) is 0 Å². The predicted molar refractivity (Wildman–Crippen MR) is 52.0 cm³/mol. The number of nitrogens with one attached hydrogen (secondary N) is 1. The van der Waals surface area contributed by atoms with E-state index in [-0.39, 0.29) is 12.3 Å². The molecule has 80 valence electrons. The second-order valence-corrected chi connectivity index (χ2v) is 3.80. The van der Waals surface area contributed by atoms with Crippen LogP contribution in [0, 0.1) is 5.92 Å². The van der Waals surface area contributed by atoms with E-state index < -0.39 is 17.9 Å². The molecule has 5 nitrogen and oxygen atoms in total. The van der Waals surface area contributed by atoms with Gasteiger partial charge in [-0.05, 0) is 11.6 Å². The summed E-state index contributed by atoms with van der Waals surface area (Å²) in [6, 6.07) is 1.43. The lowest BCUT2D eigenvalue weighted by Crippen LogP contribution is -2.24. The van der Waals surface area contributed by atoms with E-state index >= 15 is 0 Å². The molecule has 0 unspecified atom stereocenters. The number of aliphatic carboxylic acids is 1. The number of nitrogens with zero attached hydrogens (tertiary/aromatic N) is 1. The van der Waals surface area contributed by atoms with Crippen LogP contribution < -0.4 is 5.32 Å². The SMILES string of the molecule is Cn1ccc([C@@H]2NC(=O)C[C@H]2C(=O)O)c1. The number of hydrogen-bond acceptors (Lipinski definition) is 2. The molecule has 2 N–H and O–H groups in total. The van der Waals surface area contributed by atoms with Gasteiger partial charge in [0, 0.05) is 25.9 Å². The maximum atomic E-state index is 11.2. The molecule has 15 heavy (non-hydrogen) atoms. The summed E-state index contributed by atoms with van der Waals surface area (Å²) in [5.41, 5.74) is 0.843. The van der Waals surface area contributed by atoms with Gasteiger partial charge in [-0.3, -0.25) is 9.59 Å². The smallest absolute Gasteiger partial charge is 0.309 e. The largest absolute Gasteiger partial charge is 0.481 e. The van der Waals surface area contributed by atoms with Gasteiger partial charge in [-0.15, -0.1) is 0 Å². The standard InChI is InChI=1S/C10H12N2O3/c1-12-3-2-6(5-12)9-7(10(14)15)4-8(13)11-9/h2-3,5,7,9H,4H2,1H3,(H,11,13)(H,14,15)/t7-,9+/m1/s1. The Hall–Kier alpha value is -1.78. The van der Waals surface area contributed by atoms with Gasteiger partial charge in [0.2, 0.25) is 5.91 Å². The molecule has 1 aromatic rings. The van der Waals surface area contributed by atoms with Crippen LogP contribution in [0.15, 0.2) is 18.5 Å². The normalized spacial score (nSPS) is 25.3. The average Bonchev–Trinajstić information content (AvgIpc) is 2.71. The van der Waals surface area contributed by atoms with Crippen molar-refractivity contribution in [2.45, 2.75) is 12.5 Å². The first-order valence-corrected chi connectivity index (χ1v) is 4.72. The Balaban J connectivity index is 2.27. The molecule has 2 heterocycles. The van der Waals surface area contributed by atoms with E-state index in [4.69, 9.17) is 5.11 Å². The fourth-order valence-electron chi connectivity index (χ4n) is 1.90. The van der Waals surface area contributed by atoms with Crippen molar-refractivity contribution in [3.05, 3.63) is 24.0 Å². The van der Waals surface area contributed by atoms with Gasteiger partial charge in [0.15, 0.2) is 0 Å². The van der Waals surface area contributed by atoms with Gasteiger partial charge in [0.05, 0.1) is 12.0 Å². The van der Waals surface area contributed by atoms with Crippen molar-refractivity contribution in [3.63, 3.8) is 0 Å². The summed E-state index contributed by atoms with van der Waals surface area (Å²) < 4.78 is 1.83. The van der Waals surface area contributed by atoms with E-state index in [2.05, 4.69) is 5.32 Å². The maximum absolute atomic E-state index is 11.2. The lowest BCUT2D eigenvalue weighted by atomic mass is 9.96. The fraction of sp³-hybridized carbons (Fsp3) is 0.400. The minimum Gasteiger partial charge on any atom is -0.481 e. The van der Waals surface area contributed by atoms with Crippen LogP contribution >= 0.6 is 0 Å². The number of aromatic nitrogens is 1. The van der Waals surface area contributed by atoms with Gasteiger partial charge in [-0.2, -0.15) is 0 Å². The topological polar surface area (TPSA) is 71.3 Å². The molecular formula is C10H12N2O3. The van der Waals surface area contributed by atoms with Crippen LogP contribution in [0.2, 0.25) is 0 Å². The molecule has 0 radical (unpaired) electrons. The minimum absolute atomic E-state index is 0.0644. The fourth-order valence-corrected chi connectivity index (χ4v) is 1.90. The zero-order valence-corrected chi connectivity index (χ0v) is 8.30. The number of aryl methyl sites for hydroxylation is 1. The molecule has 0 aliphatic carbocycles. The van der Waals surface area contributed by atoms with Crippen LogP contribution in [0.4, 0.5) is 0 Å². The van der Waals surface area contributed by atoms with Crippen molar-refractivity contribution >= 4 is 11.9 Å². The number of carbonyl (C=O) groups excluding carboxylic acids is 1. The number of rotatable bonds is 2. The molecule has 1 aliphatic rings. The molecule has 0 spiro atoms. The molecular weight excluding hydrogens is 196 g/mol. The number of amides is 1. The number of carboxylic acid groups (broad SMARTS) is 1. The highest BCUT2D eigenvalue weighted by atomic mass is 16.4. The van der Waals surface area contributed by atoms with Crippen LogP contribution in [-0.2, 0) is 16.6 Å². The van der Waals surface area contributed by atoms with Crippen LogP contribution in [0.3, 0.4) is 0 Å². The average molecular weight is 208 g/mol. The van der Waals surface area contributed by atoms with E-state index in [1.54, 1.807) is 0 Å². The van der Waals surface area contributed by atoms with Crippen LogP contribution in [0.5, 0.6) is 0 Å². The van der Waals surface area contributed by atoms with Gasteiger partial charge in [-0.1, -0.05) is 0 Å². The zero-order valence-electron chi connectivity index (χ0n) is 8.30. The third-order valence-electron chi connectivity index (χ3n) is 2.66. The third-order valence-corrected chi connectivity index (χ3v) is 2.66. The number of carbonyl (C=O) groups is 2. The first-order chi connectivity index (χ1) is 7.08.